The van der Waals surface area contributed by atoms with Crippen LogP contribution in [0.1, 0.15) is 13.3 Å². The Morgan fingerprint density at radius 3 is 1.65 bits per heavy atom. The van der Waals surface area contributed by atoms with E-state index in [0.29, 0.717) is 35.0 Å². The standard InChI is InChI=1S/C12H12O2Si.C10H20O5Si/c13-15(14,11-7-3-1-4-8-11)12-9-5-2-6-10-12;1-9(2)10(11)15-7-6-8-16(12-3,13-4)14-5/h1-10,13-14H;1,6-8H2,2-5H3. The number of hydrogen-bond acceptors (Lipinski definition) is 7. The summed E-state index contributed by atoms with van der Waals surface area (Å²) in [6.07, 6.45) is 0.640. The molecule has 0 saturated carbocycles. The zero-order valence-electron chi connectivity index (χ0n) is 18.5. The summed E-state index contributed by atoms with van der Waals surface area (Å²) in [6, 6.07) is 18.6. The van der Waals surface area contributed by atoms with E-state index >= 15 is 0 Å². The molecule has 0 aromatic heterocycles. The minimum absolute atomic E-state index is 0.316. The van der Waals surface area contributed by atoms with E-state index in [9.17, 15) is 14.4 Å². The summed E-state index contributed by atoms with van der Waals surface area (Å²) in [5, 5.41) is 1.22. The van der Waals surface area contributed by atoms with Gasteiger partial charge in [0.2, 0.25) is 0 Å². The fraction of sp³-hybridized carbons (Fsp3) is 0.318. The molecule has 170 valence electrons. The number of ether oxygens (including phenoxy) is 1. The molecule has 0 amide bonds. The zero-order chi connectivity index (χ0) is 23.3. The molecule has 0 heterocycles. The fourth-order valence-corrected chi connectivity index (χ4v) is 5.98. The van der Waals surface area contributed by atoms with Crippen LogP contribution in [0.5, 0.6) is 0 Å². The molecule has 0 aliphatic rings. The molecule has 2 aromatic carbocycles. The van der Waals surface area contributed by atoms with E-state index in [1.807, 2.05) is 36.4 Å². The molecule has 0 radical (unpaired) electrons. The predicted molar refractivity (Wildman–Crippen MR) is 124 cm³/mol. The second-order valence-corrected chi connectivity index (χ2v) is 12.3. The number of esters is 1. The minimum atomic E-state index is -3.46. The van der Waals surface area contributed by atoms with Gasteiger partial charge in [0.25, 0.3) is 0 Å². The van der Waals surface area contributed by atoms with Gasteiger partial charge < -0.3 is 27.6 Å². The van der Waals surface area contributed by atoms with E-state index in [1.54, 1.807) is 52.5 Å². The molecule has 2 rings (SSSR count). The van der Waals surface area contributed by atoms with Crippen LogP contribution in [0, 0.1) is 0 Å². The van der Waals surface area contributed by atoms with Crippen LogP contribution in [0.25, 0.3) is 0 Å². The highest BCUT2D eigenvalue weighted by Gasteiger charge is 2.37. The topological polar surface area (TPSA) is 94.5 Å². The maximum atomic E-state index is 11.1. The summed E-state index contributed by atoms with van der Waals surface area (Å²) in [5.41, 5.74) is 0.397. The van der Waals surface area contributed by atoms with Gasteiger partial charge in [-0.25, -0.2) is 4.79 Å². The Morgan fingerprint density at radius 1 is 0.871 bits per heavy atom. The lowest BCUT2D eigenvalue weighted by atomic mass is 10.4. The number of hydrogen-bond donors (Lipinski definition) is 2. The average molecular weight is 465 g/mol. The zero-order valence-corrected chi connectivity index (χ0v) is 20.5. The van der Waals surface area contributed by atoms with Gasteiger partial charge in [0.05, 0.1) is 6.61 Å². The van der Waals surface area contributed by atoms with Crippen LogP contribution in [0.4, 0.5) is 0 Å². The first-order chi connectivity index (χ1) is 14.7. The van der Waals surface area contributed by atoms with Gasteiger partial charge in [-0.05, 0) is 23.7 Å². The summed E-state index contributed by atoms with van der Waals surface area (Å²) < 4.78 is 20.6. The SMILES string of the molecule is C=C(C)C(=O)OCCC[Si](OC)(OC)OC.O[Si](O)(c1ccccc1)c1ccccc1. The Balaban J connectivity index is 0.000000310. The molecule has 0 unspecified atom stereocenters. The molecular formula is C22H32O7Si2. The molecule has 9 heteroatoms. The lowest BCUT2D eigenvalue weighted by molar-refractivity contribution is -0.139. The maximum Gasteiger partial charge on any atom is 0.500 e. The highest BCUT2D eigenvalue weighted by molar-refractivity contribution is 6.90. The Hall–Kier alpha value is -2.12. The largest absolute Gasteiger partial charge is 0.500 e. The average Bonchev–Trinajstić information content (AvgIpc) is 2.81. The van der Waals surface area contributed by atoms with Crippen molar-refractivity contribution in [3.63, 3.8) is 0 Å². The van der Waals surface area contributed by atoms with Crippen LogP contribution < -0.4 is 10.4 Å². The molecule has 2 N–H and O–H groups in total. The second-order valence-electron chi connectivity index (χ2n) is 6.72. The van der Waals surface area contributed by atoms with Crippen LogP contribution in [0.3, 0.4) is 0 Å². The fourth-order valence-electron chi connectivity index (χ4n) is 2.64. The third kappa shape index (κ3) is 8.50. The normalized spacial score (nSPS) is 11.3. The third-order valence-corrected chi connectivity index (χ3v) is 9.60. The number of benzene rings is 2. The van der Waals surface area contributed by atoms with E-state index in [4.69, 9.17) is 18.0 Å². The Labute approximate surface area is 186 Å². The minimum Gasteiger partial charge on any atom is -0.462 e. The van der Waals surface area contributed by atoms with Crippen LogP contribution in [-0.2, 0) is 22.8 Å². The molecule has 0 aliphatic carbocycles. The smallest absolute Gasteiger partial charge is 0.462 e. The van der Waals surface area contributed by atoms with E-state index in [2.05, 4.69) is 6.58 Å². The van der Waals surface area contributed by atoms with Gasteiger partial charge in [-0.3, -0.25) is 0 Å². The van der Waals surface area contributed by atoms with Crippen LogP contribution in [-0.4, -0.2) is 60.9 Å². The highest BCUT2D eigenvalue weighted by Crippen LogP contribution is 2.14. The molecule has 0 fully saturated rings. The van der Waals surface area contributed by atoms with Crippen LogP contribution >= 0.6 is 0 Å². The molecular weight excluding hydrogens is 432 g/mol. The second kappa shape index (κ2) is 13.3. The monoisotopic (exact) mass is 464 g/mol. The maximum absolute atomic E-state index is 11.1. The van der Waals surface area contributed by atoms with Gasteiger partial charge in [-0.1, -0.05) is 67.2 Å². The molecule has 7 nitrogen and oxygen atoms in total. The first kappa shape index (κ1) is 26.9. The van der Waals surface area contributed by atoms with Crippen molar-refractivity contribution in [2.45, 2.75) is 19.4 Å². The van der Waals surface area contributed by atoms with Crippen molar-refractivity contribution in [1.29, 1.82) is 0 Å². The van der Waals surface area contributed by atoms with Crippen molar-refractivity contribution in [3.05, 3.63) is 72.8 Å². The molecule has 2 aromatic rings. The Morgan fingerprint density at radius 2 is 1.29 bits per heavy atom. The van der Waals surface area contributed by atoms with Crippen molar-refractivity contribution < 1.29 is 32.4 Å². The highest BCUT2D eigenvalue weighted by atomic mass is 28.4. The molecule has 0 aliphatic heterocycles. The van der Waals surface area contributed by atoms with E-state index < -0.39 is 17.4 Å². The summed E-state index contributed by atoms with van der Waals surface area (Å²) in [7, 11) is -1.32. The lowest BCUT2D eigenvalue weighted by Crippen LogP contribution is -2.59. The quantitative estimate of drug-likeness (QED) is 0.239. The van der Waals surface area contributed by atoms with Gasteiger partial charge in [0.15, 0.2) is 0 Å². The number of rotatable bonds is 10. The molecule has 0 atom stereocenters. The molecule has 31 heavy (non-hydrogen) atoms. The summed E-state index contributed by atoms with van der Waals surface area (Å²) in [4.78, 5) is 31.4. The van der Waals surface area contributed by atoms with E-state index in [0.717, 1.165) is 0 Å². The molecule has 0 saturated heterocycles. The van der Waals surface area contributed by atoms with Gasteiger partial charge in [0, 0.05) is 32.9 Å². The van der Waals surface area contributed by atoms with E-state index in [-0.39, 0.29) is 5.97 Å². The van der Waals surface area contributed by atoms with Crippen LogP contribution in [0.2, 0.25) is 6.04 Å². The van der Waals surface area contributed by atoms with Gasteiger partial charge in [-0.15, -0.1) is 0 Å². The summed E-state index contributed by atoms with van der Waals surface area (Å²) in [5.74, 6) is -0.375. The van der Waals surface area contributed by atoms with Crippen molar-refractivity contribution in [2.75, 3.05) is 27.9 Å². The van der Waals surface area contributed by atoms with Crippen molar-refractivity contribution in [1.82, 2.24) is 0 Å². The first-order valence-electron chi connectivity index (χ1n) is 9.76. The third-order valence-electron chi connectivity index (χ3n) is 4.49. The Bertz CT molecular complexity index is 744. The lowest BCUT2D eigenvalue weighted by Gasteiger charge is -2.24. The van der Waals surface area contributed by atoms with E-state index in [1.165, 1.54) is 0 Å². The van der Waals surface area contributed by atoms with Crippen molar-refractivity contribution >= 4 is 33.7 Å². The summed E-state index contributed by atoms with van der Waals surface area (Å²) >= 11 is 0. The Kier molecular flexibility index (Phi) is 11.6. The molecule has 0 spiro atoms. The van der Waals surface area contributed by atoms with Gasteiger partial charge >= 0.3 is 23.3 Å². The van der Waals surface area contributed by atoms with Crippen LogP contribution in [0.15, 0.2) is 72.8 Å². The predicted octanol–water partition coefficient (Wildman–Crippen LogP) is 1.60. The van der Waals surface area contributed by atoms with Crippen molar-refractivity contribution in [3.8, 4) is 0 Å². The number of carbonyl (C=O) groups is 1. The van der Waals surface area contributed by atoms with Gasteiger partial charge in [-0.2, -0.15) is 0 Å². The summed E-state index contributed by atoms with van der Waals surface area (Å²) in [6.45, 7) is 5.42. The first-order valence-corrected chi connectivity index (χ1v) is 13.6. The van der Waals surface area contributed by atoms with Gasteiger partial charge in [0.1, 0.15) is 0 Å². The molecule has 0 bridgehead atoms. The van der Waals surface area contributed by atoms with Crippen molar-refractivity contribution in [2.24, 2.45) is 0 Å². The number of carbonyl (C=O) groups excluding carboxylic acids is 1.